The third-order valence-electron chi connectivity index (χ3n) is 4.41. The van der Waals surface area contributed by atoms with Crippen LogP contribution in [0.1, 0.15) is 4.88 Å². The Balaban J connectivity index is 1.66. The van der Waals surface area contributed by atoms with Crippen molar-refractivity contribution >= 4 is 50.5 Å². The number of aromatic nitrogens is 2. The molecule has 0 atom stereocenters. The Morgan fingerprint density at radius 1 is 1.16 bits per heavy atom. The molecule has 4 rings (SSSR count). The molecule has 0 saturated heterocycles. The number of rotatable bonds is 4. The zero-order valence-corrected chi connectivity index (χ0v) is 18.6. The highest BCUT2D eigenvalue weighted by atomic mass is 35.5. The van der Waals surface area contributed by atoms with Gasteiger partial charge in [-0.25, -0.2) is 8.70 Å². The second-order valence-corrected chi connectivity index (χ2v) is 9.69. The lowest BCUT2D eigenvalue weighted by Gasteiger charge is -2.23. The topological polar surface area (TPSA) is 96.7 Å². The van der Waals surface area contributed by atoms with Gasteiger partial charge in [0.05, 0.1) is 20.5 Å². The third kappa shape index (κ3) is 4.24. The average Bonchev–Trinajstić information content (AvgIpc) is 3.35. The standard InChI is InChI=1S/C19H15ClFN5O3S2/c1-25-8-7-14(23-25)17-5-6-18(30-17)15-10-16(26(2)31(28,29)24-15)19(27)22-11-3-4-13(21)12(20)9-11/h3-10H,1-2H3,(H,22,27). The molecule has 0 radical (unpaired) electrons. The number of nitrogens with one attached hydrogen (secondary N) is 1. The van der Waals surface area contributed by atoms with Gasteiger partial charge < -0.3 is 5.32 Å². The maximum absolute atomic E-state index is 13.4. The van der Waals surface area contributed by atoms with E-state index in [-0.39, 0.29) is 22.1 Å². The summed E-state index contributed by atoms with van der Waals surface area (Å²) in [5.74, 6) is -1.34. The van der Waals surface area contributed by atoms with Crippen molar-refractivity contribution in [2.75, 3.05) is 12.4 Å². The molecular formula is C19H15ClFN5O3S2. The molecule has 0 unspecified atom stereocenters. The minimum Gasteiger partial charge on any atom is -0.321 e. The van der Waals surface area contributed by atoms with Gasteiger partial charge >= 0.3 is 10.2 Å². The Bertz CT molecular complexity index is 1360. The number of allylic oxidation sites excluding steroid dienone is 1. The zero-order chi connectivity index (χ0) is 22.3. The molecule has 1 aliphatic heterocycles. The van der Waals surface area contributed by atoms with Crippen molar-refractivity contribution in [2.45, 2.75) is 0 Å². The van der Waals surface area contributed by atoms with Crippen LogP contribution in [0.2, 0.25) is 5.02 Å². The van der Waals surface area contributed by atoms with Crippen LogP contribution in [0.5, 0.6) is 0 Å². The first-order chi connectivity index (χ1) is 14.6. The van der Waals surface area contributed by atoms with Gasteiger partial charge in [0.15, 0.2) is 0 Å². The van der Waals surface area contributed by atoms with Crippen molar-refractivity contribution in [3.8, 4) is 10.6 Å². The highest BCUT2D eigenvalue weighted by Gasteiger charge is 2.30. The van der Waals surface area contributed by atoms with Crippen LogP contribution in [0.25, 0.3) is 10.6 Å². The maximum atomic E-state index is 13.4. The number of aryl methyl sites for hydroxylation is 1. The van der Waals surface area contributed by atoms with Crippen molar-refractivity contribution in [3.05, 3.63) is 70.1 Å². The van der Waals surface area contributed by atoms with E-state index in [1.807, 2.05) is 12.1 Å². The van der Waals surface area contributed by atoms with E-state index in [9.17, 15) is 17.6 Å². The molecule has 0 spiro atoms. The van der Waals surface area contributed by atoms with E-state index in [1.165, 1.54) is 36.6 Å². The molecule has 2 aromatic heterocycles. The number of amides is 1. The molecule has 1 amide bonds. The largest absolute Gasteiger partial charge is 0.345 e. The van der Waals surface area contributed by atoms with Gasteiger partial charge in [-0.3, -0.25) is 9.48 Å². The lowest BCUT2D eigenvalue weighted by atomic mass is 10.2. The van der Waals surface area contributed by atoms with E-state index < -0.39 is 21.9 Å². The molecule has 3 aromatic rings. The van der Waals surface area contributed by atoms with Crippen molar-refractivity contribution in [3.63, 3.8) is 0 Å². The van der Waals surface area contributed by atoms with Crippen LogP contribution in [0.4, 0.5) is 10.1 Å². The van der Waals surface area contributed by atoms with Gasteiger partial charge in [-0.1, -0.05) is 11.6 Å². The SMILES string of the molecule is CN1C(C(=O)Nc2ccc(F)c(Cl)c2)=CC(c2ccc(-c3ccn(C)n3)s2)=NS1(=O)=O. The number of halogens is 2. The molecule has 0 aliphatic carbocycles. The summed E-state index contributed by atoms with van der Waals surface area (Å²) in [5.41, 5.74) is 0.955. The number of nitrogens with zero attached hydrogens (tertiary/aromatic N) is 4. The lowest BCUT2D eigenvalue weighted by molar-refractivity contribution is -0.113. The van der Waals surface area contributed by atoms with Crippen LogP contribution >= 0.6 is 22.9 Å². The summed E-state index contributed by atoms with van der Waals surface area (Å²) in [7, 11) is -1.09. The van der Waals surface area contributed by atoms with Gasteiger partial charge in [0.1, 0.15) is 17.2 Å². The Labute approximate surface area is 186 Å². The highest BCUT2D eigenvalue weighted by molar-refractivity contribution is 7.88. The summed E-state index contributed by atoms with van der Waals surface area (Å²) < 4.78 is 44.7. The number of thiophene rings is 1. The smallest absolute Gasteiger partial charge is 0.321 e. The van der Waals surface area contributed by atoms with Gasteiger partial charge in [-0.2, -0.15) is 13.5 Å². The molecule has 1 aliphatic rings. The third-order valence-corrected chi connectivity index (χ3v) is 7.14. The zero-order valence-electron chi connectivity index (χ0n) is 16.2. The summed E-state index contributed by atoms with van der Waals surface area (Å²) in [6.07, 6.45) is 3.19. The van der Waals surface area contributed by atoms with Gasteiger partial charge in [-0.15, -0.1) is 15.7 Å². The summed E-state index contributed by atoms with van der Waals surface area (Å²) >= 11 is 7.05. The molecule has 1 aromatic carbocycles. The molecule has 12 heteroatoms. The first-order valence-electron chi connectivity index (χ1n) is 8.81. The van der Waals surface area contributed by atoms with Crippen LogP contribution < -0.4 is 5.32 Å². The number of carbonyl (C=O) groups excluding carboxylic acids is 1. The minimum atomic E-state index is -4.12. The second kappa shape index (κ2) is 7.91. The fraction of sp³-hybridized carbons (Fsp3) is 0.105. The van der Waals surface area contributed by atoms with Crippen LogP contribution in [0.15, 0.2) is 58.8 Å². The number of carbonyl (C=O) groups is 1. The van der Waals surface area contributed by atoms with Gasteiger partial charge in [0.25, 0.3) is 5.91 Å². The quantitative estimate of drug-likeness (QED) is 0.619. The average molecular weight is 480 g/mol. The fourth-order valence-electron chi connectivity index (χ4n) is 2.81. The Morgan fingerprint density at radius 3 is 2.58 bits per heavy atom. The highest BCUT2D eigenvalue weighted by Crippen LogP contribution is 2.30. The number of anilines is 1. The van der Waals surface area contributed by atoms with Crippen LogP contribution in [-0.4, -0.2) is 41.2 Å². The molecule has 8 nitrogen and oxygen atoms in total. The van der Waals surface area contributed by atoms with Crippen LogP contribution in [0, 0.1) is 5.82 Å². The molecule has 3 heterocycles. The molecule has 160 valence electrons. The van der Waals surface area contributed by atoms with Crippen molar-refractivity contribution in [1.82, 2.24) is 14.1 Å². The summed E-state index contributed by atoms with van der Waals surface area (Å²) in [4.78, 5) is 14.2. The summed E-state index contributed by atoms with van der Waals surface area (Å²) in [5, 5.41) is 6.68. The molecule has 31 heavy (non-hydrogen) atoms. The maximum Gasteiger partial charge on any atom is 0.345 e. The minimum absolute atomic E-state index is 0.132. The first kappa shape index (κ1) is 21.2. The van der Waals surface area contributed by atoms with Gasteiger partial charge in [0.2, 0.25) is 0 Å². The summed E-state index contributed by atoms with van der Waals surface area (Å²) in [6.45, 7) is 0. The molecule has 0 fully saturated rings. The van der Waals surface area contributed by atoms with Crippen LogP contribution in [0.3, 0.4) is 0 Å². The molecular weight excluding hydrogens is 465 g/mol. The normalized spacial score (nSPS) is 15.4. The monoisotopic (exact) mass is 479 g/mol. The van der Waals surface area contributed by atoms with Crippen molar-refractivity contribution in [2.24, 2.45) is 11.4 Å². The van der Waals surface area contributed by atoms with E-state index in [0.29, 0.717) is 4.88 Å². The molecule has 1 N–H and O–H groups in total. The molecule has 0 bridgehead atoms. The number of likely N-dealkylation sites (N-methyl/N-ethyl adjacent to an activating group) is 1. The Hall–Kier alpha value is -3.02. The number of hydrogen-bond acceptors (Lipinski definition) is 5. The summed E-state index contributed by atoms with van der Waals surface area (Å²) in [6, 6.07) is 9.03. The van der Waals surface area contributed by atoms with Crippen molar-refractivity contribution < 1.29 is 17.6 Å². The van der Waals surface area contributed by atoms with Crippen LogP contribution in [-0.2, 0) is 22.1 Å². The number of hydrogen-bond donors (Lipinski definition) is 1. The lowest BCUT2D eigenvalue weighted by Crippen LogP contribution is -2.35. The van der Waals surface area contributed by atoms with E-state index in [0.717, 1.165) is 20.9 Å². The number of benzene rings is 1. The predicted octanol–water partition coefficient (Wildman–Crippen LogP) is 3.44. The van der Waals surface area contributed by atoms with E-state index in [2.05, 4.69) is 14.8 Å². The van der Waals surface area contributed by atoms with Crippen molar-refractivity contribution in [1.29, 1.82) is 0 Å². The van der Waals surface area contributed by atoms with Gasteiger partial charge in [-0.05, 0) is 42.5 Å². The predicted molar refractivity (Wildman–Crippen MR) is 118 cm³/mol. The van der Waals surface area contributed by atoms with E-state index >= 15 is 0 Å². The molecule has 0 saturated carbocycles. The Kier molecular flexibility index (Phi) is 5.42. The fourth-order valence-corrected chi connectivity index (χ4v) is 4.89. The van der Waals surface area contributed by atoms with E-state index in [1.54, 1.807) is 24.0 Å². The van der Waals surface area contributed by atoms with Gasteiger partial charge in [0, 0.05) is 26.0 Å². The van der Waals surface area contributed by atoms with E-state index in [4.69, 9.17) is 11.6 Å². The Morgan fingerprint density at radius 2 is 1.90 bits per heavy atom. The first-order valence-corrected chi connectivity index (χ1v) is 11.4. The second-order valence-electron chi connectivity index (χ2n) is 6.57.